The van der Waals surface area contributed by atoms with Crippen LogP contribution in [0.2, 0.25) is 5.02 Å². The Bertz CT molecular complexity index is 815. The number of carbonyl (C=O) groups is 1. The number of pyridine rings is 1. The summed E-state index contributed by atoms with van der Waals surface area (Å²) in [6.45, 7) is 5.21. The lowest BCUT2D eigenvalue weighted by Crippen LogP contribution is -2.38. The number of aliphatic hydroxyl groups excluding tert-OH is 1. The number of aromatic amines is 1. The molecule has 1 heterocycles. The molecule has 2 aromatic rings. The van der Waals surface area contributed by atoms with Crippen molar-refractivity contribution in [1.29, 1.82) is 0 Å². The van der Waals surface area contributed by atoms with Crippen LogP contribution in [0.1, 0.15) is 27.2 Å². The third-order valence-electron chi connectivity index (χ3n) is 3.75. The number of hydrogen-bond acceptors (Lipinski definition) is 4. The molecular formula is C18H21ClN2O4. The molecular weight excluding hydrogens is 344 g/mol. The summed E-state index contributed by atoms with van der Waals surface area (Å²) >= 11 is 6.07. The van der Waals surface area contributed by atoms with Crippen molar-refractivity contribution in [2.75, 3.05) is 13.2 Å². The first kappa shape index (κ1) is 19.0. The van der Waals surface area contributed by atoms with Crippen LogP contribution >= 0.6 is 11.6 Å². The van der Waals surface area contributed by atoms with Gasteiger partial charge in [0.15, 0.2) is 0 Å². The summed E-state index contributed by atoms with van der Waals surface area (Å²) in [7, 11) is 0. The first-order chi connectivity index (χ1) is 11.8. The molecule has 1 unspecified atom stereocenters. The van der Waals surface area contributed by atoms with Crippen molar-refractivity contribution in [3.8, 4) is 5.75 Å². The van der Waals surface area contributed by atoms with E-state index >= 15 is 0 Å². The highest BCUT2D eigenvalue weighted by Gasteiger charge is 2.18. The summed E-state index contributed by atoms with van der Waals surface area (Å²) in [5.41, 5.74) is 1.46. The minimum absolute atomic E-state index is 0.0212. The first-order valence-corrected chi connectivity index (χ1v) is 8.22. The molecule has 0 bridgehead atoms. The van der Waals surface area contributed by atoms with E-state index in [0.717, 1.165) is 5.56 Å². The molecule has 0 saturated carbocycles. The monoisotopic (exact) mass is 364 g/mol. The van der Waals surface area contributed by atoms with E-state index < -0.39 is 17.6 Å². The van der Waals surface area contributed by atoms with Crippen LogP contribution in [0.4, 0.5) is 0 Å². The van der Waals surface area contributed by atoms with Gasteiger partial charge in [-0.25, -0.2) is 0 Å². The molecule has 1 aromatic carbocycles. The molecule has 0 aliphatic carbocycles. The van der Waals surface area contributed by atoms with Crippen LogP contribution in [-0.4, -0.2) is 35.3 Å². The normalized spacial score (nSPS) is 11.9. The predicted octanol–water partition coefficient (Wildman–Crippen LogP) is 2.12. The van der Waals surface area contributed by atoms with Crippen molar-refractivity contribution < 1.29 is 14.6 Å². The number of benzene rings is 1. The molecule has 0 aliphatic rings. The quantitative estimate of drug-likeness (QED) is 0.732. The number of halogens is 1. The zero-order chi connectivity index (χ0) is 18.6. The Balaban J connectivity index is 1.92. The Hall–Kier alpha value is -2.31. The van der Waals surface area contributed by atoms with Gasteiger partial charge in [0.2, 0.25) is 0 Å². The Morgan fingerprint density at radius 1 is 1.28 bits per heavy atom. The number of rotatable bonds is 6. The van der Waals surface area contributed by atoms with Gasteiger partial charge in [0.25, 0.3) is 11.5 Å². The molecule has 6 nitrogen and oxygen atoms in total. The highest BCUT2D eigenvalue weighted by Crippen LogP contribution is 2.18. The van der Waals surface area contributed by atoms with Gasteiger partial charge in [-0.1, -0.05) is 29.3 Å². The van der Waals surface area contributed by atoms with E-state index in [9.17, 15) is 14.7 Å². The minimum Gasteiger partial charge on any atom is -0.491 e. The molecule has 0 aliphatic heterocycles. The van der Waals surface area contributed by atoms with E-state index in [1.807, 2.05) is 19.1 Å². The Morgan fingerprint density at radius 2 is 1.92 bits per heavy atom. The molecule has 0 radical (unpaired) electrons. The molecule has 134 valence electrons. The lowest BCUT2D eigenvalue weighted by atomic mass is 10.1. The molecule has 1 atom stereocenters. The molecule has 25 heavy (non-hydrogen) atoms. The second kappa shape index (κ2) is 8.18. The summed E-state index contributed by atoms with van der Waals surface area (Å²) in [4.78, 5) is 26.7. The van der Waals surface area contributed by atoms with Crippen molar-refractivity contribution in [3.05, 3.63) is 62.0 Å². The van der Waals surface area contributed by atoms with Gasteiger partial charge in [-0.05, 0) is 38.5 Å². The summed E-state index contributed by atoms with van der Waals surface area (Å²) in [6, 6.07) is 7.41. The van der Waals surface area contributed by atoms with Crippen LogP contribution in [-0.2, 0) is 0 Å². The number of ether oxygens (including phenoxy) is 1. The summed E-state index contributed by atoms with van der Waals surface area (Å²) in [5, 5.41) is 12.8. The van der Waals surface area contributed by atoms with Crippen LogP contribution in [0.15, 0.2) is 29.1 Å². The topological polar surface area (TPSA) is 91.4 Å². The average molecular weight is 365 g/mol. The average Bonchev–Trinajstić information content (AvgIpc) is 2.57. The van der Waals surface area contributed by atoms with Crippen LogP contribution in [0.25, 0.3) is 0 Å². The van der Waals surface area contributed by atoms with E-state index in [2.05, 4.69) is 10.3 Å². The zero-order valence-corrected chi connectivity index (χ0v) is 15.1. The number of amides is 1. The Kier molecular flexibility index (Phi) is 6.22. The standard InChI is InChI=1S/C18H21ClN2O4/c1-10-4-6-14(7-5-10)25-9-13(22)8-20-17(23)15-11(2)16(19)12(3)21-18(15)24/h4-7,13,22H,8-9H2,1-3H3,(H,20,23)(H,21,24). The van der Waals surface area contributed by atoms with Crippen molar-refractivity contribution in [2.24, 2.45) is 0 Å². The van der Waals surface area contributed by atoms with Crippen LogP contribution in [0.3, 0.4) is 0 Å². The molecule has 1 amide bonds. The van der Waals surface area contributed by atoms with Crippen LogP contribution in [0, 0.1) is 20.8 Å². The largest absolute Gasteiger partial charge is 0.491 e. The number of nitrogens with one attached hydrogen (secondary N) is 2. The number of carbonyl (C=O) groups excluding carboxylic acids is 1. The third kappa shape index (κ3) is 4.84. The molecule has 7 heteroatoms. The van der Waals surface area contributed by atoms with Gasteiger partial charge < -0.3 is 20.1 Å². The number of aromatic nitrogens is 1. The van der Waals surface area contributed by atoms with Crippen molar-refractivity contribution in [3.63, 3.8) is 0 Å². The van der Waals surface area contributed by atoms with Gasteiger partial charge in [0.1, 0.15) is 24.0 Å². The Labute approximate surface area is 150 Å². The van der Waals surface area contributed by atoms with Gasteiger partial charge in [-0.3, -0.25) is 9.59 Å². The van der Waals surface area contributed by atoms with Gasteiger partial charge in [-0.15, -0.1) is 0 Å². The van der Waals surface area contributed by atoms with Crippen molar-refractivity contribution in [2.45, 2.75) is 26.9 Å². The van der Waals surface area contributed by atoms with E-state index in [-0.39, 0.29) is 18.7 Å². The third-order valence-corrected chi connectivity index (χ3v) is 4.32. The highest BCUT2D eigenvalue weighted by molar-refractivity contribution is 6.32. The molecule has 0 spiro atoms. The van der Waals surface area contributed by atoms with Gasteiger partial charge in [0.05, 0.1) is 5.02 Å². The van der Waals surface area contributed by atoms with E-state index in [4.69, 9.17) is 16.3 Å². The molecule has 0 saturated heterocycles. The number of aliphatic hydroxyl groups is 1. The fourth-order valence-corrected chi connectivity index (χ4v) is 2.45. The van der Waals surface area contributed by atoms with Gasteiger partial charge in [-0.2, -0.15) is 0 Å². The lowest BCUT2D eigenvalue weighted by molar-refractivity contribution is 0.0842. The van der Waals surface area contributed by atoms with Gasteiger partial charge >= 0.3 is 0 Å². The smallest absolute Gasteiger partial charge is 0.261 e. The lowest BCUT2D eigenvalue weighted by Gasteiger charge is -2.14. The Morgan fingerprint density at radius 3 is 2.56 bits per heavy atom. The number of H-pyrrole nitrogens is 1. The maximum atomic E-state index is 12.2. The molecule has 3 N–H and O–H groups in total. The fraction of sp³-hybridized carbons (Fsp3) is 0.333. The summed E-state index contributed by atoms with van der Waals surface area (Å²) in [5.74, 6) is 0.0450. The maximum Gasteiger partial charge on any atom is 0.261 e. The predicted molar refractivity (Wildman–Crippen MR) is 96.6 cm³/mol. The first-order valence-electron chi connectivity index (χ1n) is 7.84. The summed E-state index contributed by atoms with van der Waals surface area (Å²) < 4.78 is 5.45. The van der Waals surface area contributed by atoms with Crippen molar-refractivity contribution >= 4 is 17.5 Å². The van der Waals surface area contributed by atoms with Gasteiger partial charge in [0, 0.05) is 12.2 Å². The van der Waals surface area contributed by atoms with E-state index in [1.165, 1.54) is 0 Å². The van der Waals surface area contributed by atoms with Crippen molar-refractivity contribution in [1.82, 2.24) is 10.3 Å². The second-order valence-corrected chi connectivity index (χ2v) is 6.26. The zero-order valence-electron chi connectivity index (χ0n) is 14.4. The minimum atomic E-state index is -0.912. The highest BCUT2D eigenvalue weighted by atomic mass is 35.5. The molecule has 0 fully saturated rings. The van der Waals surface area contributed by atoms with E-state index in [1.54, 1.807) is 26.0 Å². The number of hydrogen-bond donors (Lipinski definition) is 3. The van der Waals surface area contributed by atoms with E-state index in [0.29, 0.717) is 22.0 Å². The second-order valence-electron chi connectivity index (χ2n) is 5.88. The molecule has 1 aromatic heterocycles. The SMILES string of the molecule is Cc1ccc(OCC(O)CNC(=O)c2c(C)c(Cl)c(C)[nH]c2=O)cc1. The number of aryl methyl sites for hydroxylation is 2. The fourth-order valence-electron chi connectivity index (χ4n) is 2.31. The molecule has 2 rings (SSSR count). The summed E-state index contributed by atoms with van der Waals surface area (Å²) in [6.07, 6.45) is -0.912. The van der Waals surface area contributed by atoms with Crippen LogP contribution in [0.5, 0.6) is 5.75 Å². The van der Waals surface area contributed by atoms with Crippen LogP contribution < -0.4 is 15.6 Å². The maximum absolute atomic E-state index is 12.2.